The number of benzene rings is 3. The van der Waals surface area contributed by atoms with Crippen molar-refractivity contribution in [3.05, 3.63) is 82.9 Å². The van der Waals surface area contributed by atoms with Crippen molar-refractivity contribution in [3.63, 3.8) is 0 Å². The van der Waals surface area contributed by atoms with Crippen LogP contribution in [0.3, 0.4) is 0 Å². The number of halogens is 1. The molecule has 0 radical (unpaired) electrons. The molecule has 0 saturated carbocycles. The highest BCUT2D eigenvalue weighted by Gasteiger charge is 2.33. The molecule has 0 bridgehead atoms. The normalized spacial score (nSPS) is 15.9. The molecule has 1 N–H and O–H groups in total. The largest absolute Gasteiger partial charge is 0.507 e. The van der Waals surface area contributed by atoms with Crippen molar-refractivity contribution >= 4 is 23.0 Å². The summed E-state index contributed by atoms with van der Waals surface area (Å²) in [5.41, 5.74) is 3.42. The van der Waals surface area contributed by atoms with Crippen LogP contribution >= 0.6 is 11.6 Å². The molecule has 0 aliphatic carbocycles. The molecule has 0 amide bonds. The number of phenolic OH excluding ortho intramolecular Hbond substituents is 1. The molecular formula is C23H21ClN2O3. The first-order valence-electron chi connectivity index (χ1n) is 9.23. The molecule has 0 aromatic heterocycles. The van der Waals surface area contributed by atoms with Gasteiger partial charge in [0.1, 0.15) is 17.2 Å². The molecular weight excluding hydrogens is 388 g/mol. The zero-order valence-corrected chi connectivity index (χ0v) is 16.9. The predicted octanol–water partition coefficient (Wildman–Crippen LogP) is 5.42. The van der Waals surface area contributed by atoms with Crippen LogP contribution in [0.4, 0.5) is 5.69 Å². The second-order valence-corrected chi connectivity index (χ2v) is 7.15. The number of hydrazone groups is 1. The monoisotopic (exact) mass is 408 g/mol. The maximum Gasteiger partial charge on any atom is 0.127 e. The Morgan fingerprint density at radius 1 is 1.00 bits per heavy atom. The number of anilines is 1. The van der Waals surface area contributed by atoms with Crippen LogP contribution in [-0.4, -0.2) is 25.0 Å². The van der Waals surface area contributed by atoms with E-state index in [1.54, 1.807) is 26.4 Å². The fraction of sp³-hybridized carbons (Fsp3) is 0.174. The van der Waals surface area contributed by atoms with Crippen molar-refractivity contribution in [3.8, 4) is 17.2 Å². The molecule has 1 aliphatic heterocycles. The number of para-hydroxylation sites is 1. The first-order valence-corrected chi connectivity index (χ1v) is 9.61. The lowest BCUT2D eigenvalue weighted by Crippen LogP contribution is -2.19. The molecule has 4 rings (SSSR count). The fourth-order valence-corrected chi connectivity index (χ4v) is 3.68. The average Bonchev–Trinajstić information content (AvgIpc) is 3.19. The third kappa shape index (κ3) is 3.74. The molecule has 3 aromatic carbocycles. The number of phenols is 1. The van der Waals surface area contributed by atoms with Gasteiger partial charge in [0.25, 0.3) is 0 Å². The molecule has 1 heterocycles. The van der Waals surface area contributed by atoms with Crippen LogP contribution < -0.4 is 14.5 Å². The molecule has 148 valence electrons. The van der Waals surface area contributed by atoms with E-state index < -0.39 is 0 Å². The van der Waals surface area contributed by atoms with E-state index in [-0.39, 0.29) is 11.8 Å². The number of hydrogen-bond acceptors (Lipinski definition) is 5. The average molecular weight is 409 g/mol. The zero-order valence-electron chi connectivity index (χ0n) is 16.2. The quantitative estimate of drug-likeness (QED) is 0.612. The minimum atomic E-state index is -0.105. The summed E-state index contributed by atoms with van der Waals surface area (Å²) in [6, 6.07) is 20.5. The maximum atomic E-state index is 10.3. The number of methoxy groups -OCH3 is 2. The number of ether oxygens (including phenoxy) is 2. The highest BCUT2D eigenvalue weighted by molar-refractivity contribution is 6.30. The van der Waals surface area contributed by atoms with Crippen LogP contribution in [0, 0.1) is 0 Å². The molecule has 3 aromatic rings. The van der Waals surface area contributed by atoms with E-state index in [2.05, 4.69) is 0 Å². The molecule has 6 heteroatoms. The van der Waals surface area contributed by atoms with Gasteiger partial charge in [-0.05, 0) is 48.5 Å². The second kappa shape index (κ2) is 8.05. The summed E-state index contributed by atoms with van der Waals surface area (Å²) in [4.78, 5) is 0. The molecule has 5 nitrogen and oxygen atoms in total. The molecule has 1 unspecified atom stereocenters. The smallest absolute Gasteiger partial charge is 0.127 e. The minimum absolute atomic E-state index is 0.105. The van der Waals surface area contributed by atoms with Gasteiger partial charge in [-0.1, -0.05) is 23.7 Å². The number of rotatable bonds is 5. The van der Waals surface area contributed by atoms with Gasteiger partial charge < -0.3 is 14.6 Å². The second-order valence-electron chi connectivity index (χ2n) is 6.71. The van der Waals surface area contributed by atoms with Gasteiger partial charge in [0.15, 0.2) is 0 Å². The predicted molar refractivity (Wildman–Crippen MR) is 115 cm³/mol. The molecule has 0 saturated heterocycles. The van der Waals surface area contributed by atoms with Crippen molar-refractivity contribution in [2.75, 3.05) is 19.2 Å². The molecule has 0 spiro atoms. The Bertz CT molecular complexity index is 1050. The van der Waals surface area contributed by atoms with Crippen LogP contribution in [0.15, 0.2) is 71.8 Å². The Hall–Kier alpha value is -3.18. The lowest BCUT2D eigenvalue weighted by atomic mass is 9.97. The van der Waals surface area contributed by atoms with Crippen molar-refractivity contribution in [2.24, 2.45) is 5.10 Å². The third-order valence-corrected chi connectivity index (χ3v) is 5.27. The summed E-state index contributed by atoms with van der Waals surface area (Å²) < 4.78 is 11.0. The van der Waals surface area contributed by atoms with Crippen LogP contribution in [0.2, 0.25) is 5.02 Å². The summed E-state index contributed by atoms with van der Waals surface area (Å²) in [7, 11) is 3.27. The number of aromatic hydroxyl groups is 1. The van der Waals surface area contributed by atoms with Gasteiger partial charge in [0, 0.05) is 28.6 Å². The summed E-state index contributed by atoms with van der Waals surface area (Å²) in [6.07, 6.45) is 0.614. The van der Waals surface area contributed by atoms with E-state index in [1.165, 1.54) is 0 Å². The van der Waals surface area contributed by atoms with E-state index in [9.17, 15) is 5.11 Å². The van der Waals surface area contributed by atoms with Gasteiger partial charge in [-0.3, -0.25) is 5.01 Å². The van der Waals surface area contributed by atoms with Crippen LogP contribution in [0.1, 0.15) is 23.6 Å². The van der Waals surface area contributed by atoms with E-state index in [0.29, 0.717) is 11.4 Å². The molecule has 0 fully saturated rings. The summed E-state index contributed by atoms with van der Waals surface area (Å²) in [5.74, 6) is 1.66. The van der Waals surface area contributed by atoms with Crippen molar-refractivity contribution < 1.29 is 14.6 Å². The van der Waals surface area contributed by atoms with Gasteiger partial charge in [-0.15, -0.1) is 0 Å². The van der Waals surface area contributed by atoms with Gasteiger partial charge >= 0.3 is 0 Å². The molecule has 1 atom stereocenters. The Morgan fingerprint density at radius 3 is 2.45 bits per heavy atom. The Kier molecular flexibility index (Phi) is 5.32. The van der Waals surface area contributed by atoms with E-state index >= 15 is 0 Å². The lowest BCUT2D eigenvalue weighted by Gasteiger charge is -2.25. The molecule has 1 aliphatic rings. The first-order chi connectivity index (χ1) is 14.1. The fourth-order valence-electron chi connectivity index (χ4n) is 3.56. The maximum absolute atomic E-state index is 10.3. The highest BCUT2D eigenvalue weighted by atomic mass is 35.5. The van der Waals surface area contributed by atoms with Crippen LogP contribution in [0.25, 0.3) is 0 Å². The van der Waals surface area contributed by atoms with E-state index in [0.717, 1.165) is 34.0 Å². The highest BCUT2D eigenvalue weighted by Crippen LogP contribution is 2.42. The summed E-state index contributed by atoms with van der Waals surface area (Å²) >= 11 is 6.08. The third-order valence-electron chi connectivity index (χ3n) is 5.02. The van der Waals surface area contributed by atoms with Gasteiger partial charge in [-0.2, -0.15) is 5.10 Å². The minimum Gasteiger partial charge on any atom is -0.507 e. The van der Waals surface area contributed by atoms with E-state index in [1.807, 2.05) is 59.6 Å². The zero-order chi connectivity index (χ0) is 20.4. The number of nitrogens with zero attached hydrogens (tertiary/aromatic N) is 2. The van der Waals surface area contributed by atoms with Gasteiger partial charge in [0.2, 0.25) is 0 Å². The molecule has 29 heavy (non-hydrogen) atoms. The topological polar surface area (TPSA) is 54.3 Å². The van der Waals surface area contributed by atoms with Crippen LogP contribution in [-0.2, 0) is 0 Å². The van der Waals surface area contributed by atoms with Crippen molar-refractivity contribution in [1.82, 2.24) is 0 Å². The standard InChI is InChI=1S/C23H21ClN2O3/c1-28-17-11-12-19(23(13-17)29-2)21-14-20(18-5-3-4-6-22(18)27)25-26(21)16-9-7-15(24)8-10-16/h3-13,21,27H,14H2,1-2H3. The van der Waals surface area contributed by atoms with Crippen molar-refractivity contribution in [1.29, 1.82) is 0 Å². The van der Waals surface area contributed by atoms with Crippen LogP contribution in [0.5, 0.6) is 17.2 Å². The Balaban J connectivity index is 1.80. The van der Waals surface area contributed by atoms with Gasteiger partial charge in [-0.25, -0.2) is 0 Å². The summed E-state index contributed by atoms with van der Waals surface area (Å²) in [5, 5.41) is 17.8. The number of hydrogen-bond donors (Lipinski definition) is 1. The van der Waals surface area contributed by atoms with Crippen molar-refractivity contribution in [2.45, 2.75) is 12.5 Å². The summed E-state index contributed by atoms with van der Waals surface area (Å²) in [6.45, 7) is 0. The first kappa shape index (κ1) is 19.2. The van der Waals surface area contributed by atoms with Gasteiger partial charge in [0.05, 0.1) is 31.7 Å². The Labute approximate surface area is 174 Å². The van der Waals surface area contributed by atoms with E-state index in [4.69, 9.17) is 26.2 Å². The SMILES string of the molecule is COc1ccc(C2CC(c3ccccc3O)=NN2c2ccc(Cl)cc2)c(OC)c1. The Morgan fingerprint density at radius 2 is 1.76 bits per heavy atom. The lowest BCUT2D eigenvalue weighted by molar-refractivity contribution is 0.388.